The highest BCUT2D eigenvalue weighted by atomic mass is 16.7. The Kier molecular flexibility index (Phi) is 3.76. The van der Waals surface area contributed by atoms with Crippen LogP contribution in [-0.4, -0.2) is 18.7 Å². The molecule has 5 heteroatoms. The van der Waals surface area contributed by atoms with Crippen LogP contribution < -0.4 is 9.47 Å². The number of ether oxygens (including phenoxy) is 3. The van der Waals surface area contributed by atoms with E-state index >= 15 is 0 Å². The van der Waals surface area contributed by atoms with Crippen molar-refractivity contribution in [3.63, 3.8) is 0 Å². The maximum atomic E-state index is 12.1. The van der Waals surface area contributed by atoms with Crippen LogP contribution in [0, 0.1) is 0 Å². The van der Waals surface area contributed by atoms with Gasteiger partial charge in [0.25, 0.3) is 0 Å². The predicted octanol–water partition coefficient (Wildman–Crippen LogP) is 3.88. The Morgan fingerprint density at radius 3 is 2.56 bits per heavy atom. The molecule has 0 fully saturated rings. The third kappa shape index (κ3) is 3.01. The first-order chi connectivity index (χ1) is 12.1. The molecule has 25 heavy (non-hydrogen) atoms. The Labute approximate surface area is 145 Å². The molecule has 126 valence electrons. The van der Waals surface area contributed by atoms with E-state index < -0.39 is 5.97 Å². The summed E-state index contributed by atoms with van der Waals surface area (Å²) in [4.78, 5) is 16.4. The minimum atomic E-state index is -0.458. The first-order valence-electron chi connectivity index (χ1n) is 8.13. The molecule has 2 aromatic rings. The molecule has 2 aliphatic rings. The van der Waals surface area contributed by atoms with Crippen molar-refractivity contribution in [2.75, 3.05) is 6.79 Å². The Balaban J connectivity index is 1.61. The fourth-order valence-electron chi connectivity index (χ4n) is 2.70. The quantitative estimate of drug-likeness (QED) is 0.631. The van der Waals surface area contributed by atoms with Gasteiger partial charge in [0.15, 0.2) is 17.2 Å². The van der Waals surface area contributed by atoms with E-state index in [9.17, 15) is 4.79 Å². The average molecular weight is 335 g/mol. The van der Waals surface area contributed by atoms with E-state index in [4.69, 9.17) is 14.2 Å². The van der Waals surface area contributed by atoms with Gasteiger partial charge in [-0.15, -0.1) is 0 Å². The smallest absolute Gasteiger partial charge is 0.363 e. The van der Waals surface area contributed by atoms with Gasteiger partial charge in [-0.3, -0.25) is 0 Å². The van der Waals surface area contributed by atoms with Crippen molar-refractivity contribution in [3.8, 4) is 11.5 Å². The van der Waals surface area contributed by atoms with Crippen LogP contribution in [0.25, 0.3) is 6.08 Å². The maximum Gasteiger partial charge on any atom is 0.363 e. The van der Waals surface area contributed by atoms with Crippen LogP contribution in [0.5, 0.6) is 11.5 Å². The summed E-state index contributed by atoms with van der Waals surface area (Å²) >= 11 is 0. The number of nitrogens with zero attached hydrogens (tertiary/aromatic N) is 1. The zero-order valence-electron chi connectivity index (χ0n) is 14.0. The van der Waals surface area contributed by atoms with Crippen molar-refractivity contribution in [1.82, 2.24) is 0 Å². The van der Waals surface area contributed by atoms with Crippen molar-refractivity contribution < 1.29 is 19.0 Å². The Bertz CT molecular complexity index is 894. The van der Waals surface area contributed by atoms with Crippen LogP contribution in [0.15, 0.2) is 53.2 Å². The summed E-state index contributed by atoms with van der Waals surface area (Å²) in [5, 5.41) is 0. The molecule has 0 atom stereocenters. The van der Waals surface area contributed by atoms with Crippen molar-refractivity contribution in [2.24, 2.45) is 4.99 Å². The summed E-state index contributed by atoms with van der Waals surface area (Å²) < 4.78 is 15.9. The molecule has 2 heterocycles. The second-order valence-corrected chi connectivity index (χ2v) is 6.23. The molecule has 5 nitrogen and oxygen atoms in total. The van der Waals surface area contributed by atoms with Crippen LogP contribution in [0.3, 0.4) is 0 Å². The average Bonchev–Trinajstić information content (AvgIpc) is 3.21. The topological polar surface area (TPSA) is 57.1 Å². The van der Waals surface area contributed by atoms with Gasteiger partial charge in [0, 0.05) is 5.56 Å². The largest absolute Gasteiger partial charge is 0.454 e. The molecule has 0 saturated heterocycles. The predicted molar refractivity (Wildman–Crippen MR) is 93.7 cm³/mol. The Hall–Kier alpha value is -3.08. The van der Waals surface area contributed by atoms with Crippen LogP contribution in [0.1, 0.15) is 36.5 Å². The van der Waals surface area contributed by atoms with E-state index in [1.54, 1.807) is 24.3 Å². The summed E-state index contributed by atoms with van der Waals surface area (Å²) in [6, 6.07) is 13.4. The molecule has 2 aliphatic heterocycles. The summed E-state index contributed by atoms with van der Waals surface area (Å²) in [5.41, 5.74) is 3.12. The van der Waals surface area contributed by atoms with Crippen LogP contribution in [-0.2, 0) is 9.53 Å². The molecule has 4 rings (SSSR count). The number of hydrogen-bond donors (Lipinski definition) is 0. The monoisotopic (exact) mass is 335 g/mol. The zero-order valence-corrected chi connectivity index (χ0v) is 14.0. The van der Waals surface area contributed by atoms with Crippen molar-refractivity contribution in [3.05, 3.63) is 64.9 Å². The maximum absolute atomic E-state index is 12.1. The van der Waals surface area contributed by atoms with E-state index in [0.717, 1.165) is 5.56 Å². The molecule has 0 N–H and O–H groups in total. The van der Waals surface area contributed by atoms with Gasteiger partial charge >= 0.3 is 5.97 Å². The Morgan fingerprint density at radius 2 is 1.80 bits per heavy atom. The Morgan fingerprint density at radius 1 is 1.04 bits per heavy atom. The lowest BCUT2D eigenvalue weighted by Crippen LogP contribution is -2.05. The highest BCUT2D eigenvalue weighted by Gasteiger charge is 2.25. The number of benzene rings is 2. The van der Waals surface area contributed by atoms with E-state index in [1.165, 1.54) is 5.56 Å². The number of esters is 1. The molecule has 2 aromatic carbocycles. The number of fused-ring (bicyclic) bond motifs is 1. The van der Waals surface area contributed by atoms with Crippen LogP contribution in [0.2, 0.25) is 0 Å². The molecule has 0 spiro atoms. The van der Waals surface area contributed by atoms with Crippen LogP contribution >= 0.6 is 0 Å². The number of hydrogen-bond acceptors (Lipinski definition) is 5. The van der Waals surface area contributed by atoms with Gasteiger partial charge in [-0.1, -0.05) is 38.1 Å². The second kappa shape index (κ2) is 6.09. The summed E-state index contributed by atoms with van der Waals surface area (Å²) in [6.45, 7) is 4.48. The van der Waals surface area contributed by atoms with Crippen molar-refractivity contribution in [1.29, 1.82) is 0 Å². The molecule has 0 saturated carbocycles. The fourth-order valence-corrected chi connectivity index (χ4v) is 2.70. The van der Waals surface area contributed by atoms with Gasteiger partial charge in [0.2, 0.25) is 12.7 Å². The number of aliphatic imine (C=N–C) groups is 1. The van der Waals surface area contributed by atoms with E-state index in [1.807, 2.05) is 12.1 Å². The SMILES string of the molecule is CC(C)c1ccc(/C=C2/N=C(c3ccc4c(c3)OCO4)OC2=O)cc1. The summed E-state index contributed by atoms with van der Waals surface area (Å²) in [6.07, 6.45) is 1.73. The molecule has 0 unspecified atom stereocenters. The first-order valence-corrected chi connectivity index (χ1v) is 8.13. The highest BCUT2D eigenvalue weighted by Crippen LogP contribution is 2.33. The molecule has 0 aliphatic carbocycles. The normalized spacial score (nSPS) is 17.2. The van der Waals surface area contributed by atoms with Gasteiger partial charge in [0.1, 0.15) is 0 Å². The molecule has 0 bridgehead atoms. The zero-order chi connectivity index (χ0) is 17.4. The summed E-state index contributed by atoms with van der Waals surface area (Å²) in [7, 11) is 0. The fraction of sp³-hybridized carbons (Fsp3) is 0.200. The molecule has 0 amide bonds. The van der Waals surface area contributed by atoms with Crippen molar-refractivity contribution >= 4 is 17.9 Å². The number of carbonyl (C=O) groups is 1. The molecule has 0 radical (unpaired) electrons. The lowest BCUT2D eigenvalue weighted by Gasteiger charge is -2.04. The minimum Gasteiger partial charge on any atom is -0.454 e. The van der Waals surface area contributed by atoms with Gasteiger partial charge in [-0.05, 0) is 41.3 Å². The lowest BCUT2D eigenvalue weighted by molar-refractivity contribution is -0.129. The van der Waals surface area contributed by atoms with Gasteiger partial charge in [0.05, 0.1) is 0 Å². The molecular formula is C20H17NO4. The molecular weight excluding hydrogens is 318 g/mol. The third-order valence-corrected chi connectivity index (χ3v) is 4.15. The lowest BCUT2D eigenvalue weighted by atomic mass is 10.0. The molecule has 0 aromatic heterocycles. The number of cyclic esters (lactones) is 1. The van der Waals surface area contributed by atoms with Gasteiger partial charge < -0.3 is 14.2 Å². The summed E-state index contributed by atoms with van der Waals surface area (Å²) in [5.74, 6) is 1.58. The van der Waals surface area contributed by atoms with E-state index in [2.05, 4.69) is 31.0 Å². The number of rotatable bonds is 3. The first kappa shape index (κ1) is 15.4. The number of carbonyl (C=O) groups excluding carboxylic acids is 1. The van der Waals surface area contributed by atoms with E-state index in [0.29, 0.717) is 23.0 Å². The highest BCUT2D eigenvalue weighted by molar-refractivity contribution is 6.13. The standard InChI is InChI=1S/C20H17NO4/c1-12(2)14-5-3-13(4-6-14)9-16-20(22)25-19(21-16)15-7-8-17-18(10-15)24-11-23-17/h3-10,12H,11H2,1-2H3/b16-9+. The van der Waals surface area contributed by atoms with Crippen molar-refractivity contribution in [2.45, 2.75) is 19.8 Å². The van der Waals surface area contributed by atoms with Crippen LogP contribution in [0.4, 0.5) is 0 Å². The van der Waals surface area contributed by atoms with E-state index in [-0.39, 0.29) is 18.4 Å². The second-order valence-electron chi connectivity index (χ2n) is 6.23. The third-order valence-electron chi connectivity index (χ3n) is 4.15. The van der Waals surface area contributed by atoms with Gasteiger partial charge in [-0.2, -0.15) is 0 Å². The van der Waals surface area contributed by atoms with Gasteiger partial charge in [-0.25, -0.2) is 9.79 Å². The minimum absolute atomic E-state index is 0.197.